The molecule has 0 aliphatic carbocycles. The van der Waals surface area contributed by atoms with Gasteiger partial charge in [0.1, 0.15) is 12.6 Å². The molecule has 1 amide bonds. The van der Waals surface area contributed by atoms with Gasteiger partial charge in [-0.2, -0.15) is 0 Å². The number of aryl methyl sites for hydroxylation is 1. The van der Waals surface area contributed by atoms with Crippen LogP contribution in [0.1, 0.15) is 69.7 Å². The van der Waals surface area contributed by atoms with Gasteiger partial charge in [-0.05, 0) is 49.8 Å². The molecule has 0 unspecified atom stereocenters. The number of amides is 1. The second kappa shape index (κ2) is 21.7. The Morgan fingerprint density at radius 2 is 1.67 bits per heavy atom. The van der Waals surface area contributed by atoms with Gasteiger partial charge in [-0.25, -0.2) is 4.98 Å². The van der Waals surface area contributed by atoms with E-state index in [1.54, 1.807) is 14.2 Å². The molecule has 8 heteroatoms. The molecule has 0 aliphatic heterocycles. The van der Waals surface area contributed by atoms with Crippen molar-refractivity contribution < 1.29 is 19.1 Å². The van der Waals surface area contributed by atoms with Crippen LogP contribution < -0.4 is 11.1 Å². The number of hydrogen-bond donors (Lipinski definition) is 3. The van der Waals surface area contributed by atoms with E-state index in [9.17, 15) is 4.79 Å². The van der Waals surface area contributed by atoms with E-state index in [2.05, 4.69) is 59.1 Å². The van der Waals surface area contributed by atoms with Crippen molar-refractivity contribution in [2.75, 3.05) is 41.0 Å². The van der Waals surface area contributed by atoms with E-state index >= 15 is 0 Å². The van der Waals surface area contributed by atoms with Crippen molar-refractivity contribution in [3.05, 3.63) is 41.9 Å². The van der Waals surface area contributed by atoms with Crippen molar-refractivity contribution in [3.8, 4) is 11.3 Å². The van der Waals surface area contributed by atoms with Gasteiger partial charge in [0.05, 0.1) is 31.0 Å². The first-order valence-corrected chi connectivity index (χ1v) is 12.9. The molecule has 4 N–H and O–H groups in total. The molecular formula is C28H48N4O4. The predicted octanol–water partition coefficient (Wildman–Crippen LogP) is 4.50. The molecule has 0 atom stereocenters. The van der Waals surface area contributed by atoms with E-state index in [-0.39, 0.29) is 11.8 Å². The van der Waals surface area contributed by atoms with E-state index in [4.69, 9.17) is 14.3 Å². The summed E-state index contributed by atoms with van der Waals surface area (Å²) in [7, 11) is 4.87. The van der Waals surface area contributed by atoms with Crippen LogP contribution in [0, 0.1) is 5.92 Å². The number of H-pyrrole nitrogens is 1. The lowest BCUT2D eigenvalue weighted by molar-refractivity contribution is -0.121. The van der Waals surface area contributed by atoms with Gasteiger partial charge in [-0.3, -0.25) is 4.79 Å². The number of ether oxygens (including phenoxy) is 2. The van der Waals surface area contributed by atoms with Crippen molar-refractivity contribution in [3.63, 3.8) is 0 Å². The Balaban J connectivity index is 0.00000291. The fourth-order valence-electron chi connectivity index (χ4n) is 3.97. The molecule has 0 saturated heterocycles. The minimum absolute atomic E-state index is 0.0925. The number of aromatic amines is 1. The number of hydrogen-bond acceptors (Lipinski definition) is 6. The third-order valence-electron chi connectivity index (χ3n) is 6.13. The zero-order chi connectivity index (χ0) is 27.2. The first kappa shape index (κ1) is 33.4. The van der Waals surface area contributed by atoms with Crippen LogP contribution in [0.15, 0.2) is 30.5 Å². The number of unbranched alkanes of at least 4 members (excludes halogenated alkanes) is 1. The number of nitrogens with one attached hydrogen (secondary N) is 2. The van der Waals surface area contributed by atoms with Crippen LogP contribution in [0.2, 0.25) is 0 Å². The average Bonchev–Trinajstić information content (AvgIpc) is 3.42. The number of imidazole rings is 1. The molecule has 8 nitrogen and oxygen atoms in total. The lowest BCUT2D eigenvalue weighted by atomic mass is 10.00. The largest absolute Gasteiger partial charge is 0.384 e. The maximum Gasteiger partial charge on any atom is 0.219 e. The molecule has 0 radical (unpaired) electrons. The van der Waals surface area contributed by atoms with Crippen LogP contribution in [0.3, 0.4) is 0 Å². The van der Waals surface area contributed by atoms with Crippen LogP contribution in [-0.2, 0) is 25.5 Å². The molecule has 0 saturated carbocycles. The molecule has 204 valence electrons. The lowest BCUT2D eigenvalue weighted by Gasteiger charge is -2.12. The van der Waals surface area contributed by atoms with Gasteiger partial charge < -0.3 is 30.3 Å². The number of nitrogens with two attached hydrogens (primary N) is 1. The number of carbonyl (C=O) groups is 2. The van der Waals surface area contributed by atoms with E-state index in [1.807, 2.05) is 13.0 Å². The van der Waals surface area contributed by atoms with Crippen molar-refractivity contribution in [2.24, 2.45) is 11.7 Å². The number of benzene rings is 1. The summed E-state index contributed by atoms with van der Waals surface area (Å²) in [5.74, 6) is 1.88. The van der Waals surface area contributed by atoms with Gasteiger partial charge in [-0.1, -0.05) is 51.0 Å². The molecule has 2 aromatic rings. The highest BCUT2D eigenvalue weighted by atomic mass is 16.5. The topological polar surface area (TPSA) is 119 Å². The Hall–Kier alpha value is -2.55. The standard InChI is InChI=1S/C26H41N3O3.CH5N.CH2O/c1-5-20(6-2)15-16-27-25(30)10-8-7-9-21-11-13-22(14-12-21)24-17-28-26(29-24)23(18-31-3)19-32-4;2*1-2/h11-14,17,20,23H,5-10,15-16,18-19H2,1-4H3,(H,27,30)(H,28,29);2H2,1H3;1H2. The molecule has 1 aromatic carbocycles. The van der Waals surface area contributed by atoms with Gasteiger partial charge in [-0.15, -0.1) is 0 Å². The summed E-state index contributed by atoms with van der Waals surface area (Å²) in [6.45, 7) is 8.37. The maximum absolute atomic E-state index is 12.0. The SMILES string of the molecule is C=O.CCC(CC)CCNC(=O)CCCCc1ccc(-c2cnc(C(COC)COC)[nH]2)cc1.CN. The fourth-order valence-corrected chi connectivity index (χ4v) is 3.97. The summed E-state index contributed by atoms with van der Waals surface area (Å²) in [4.78, 5) is 27.9. The Labute approximate surface area is 217 Å². The van der Waals surface area contributed by atoms with Gasteiger partial charge in [0.2, 0.25) is 5.91 Å². The smallest absolute Gasteiger partial charge is 0.219 e. The first-order chi connectivity index (χ1) is 17.6. The van der Waals surface area contributed by atoms with E-state index in [0.717, 1.165) is 55.2 Å². The van der Waals surface area contributed by atoms with Crippen LogP contribution in [0.5, 0.6) is 0 Å². The molecule has 36 heavy (non-hydrogen) atoms. The molecule has 0 aliphatic rings. The maximum atomic E-state index is 12.0. The third kappa shape index (κ3) is 13.0. The van der Waals surface area contributed by atoms with Crippen LogP contribution >= 0.6 is 0 Å². The molecule has 0 bridgehead atoms. The third-order valence-corrected chi connectivity index (χ3v) is 6.13. The highest BCUT2D eigenvalue weighted by molar-refractivity contribution is 5.75. The zero-order valence-electron chi connectivity index (χ0n) is 23.0. The minimum Gasteiger partial charge on any atom is -0.384 e. The summed E-state index contributed by atoms with van der Waals surface area (Å²) in [5.41, 5.74) is 7.89. The lowest BCUT2D eigenvalue weighted by Crippen LogP contribution is -2.25. The number of nitrogens with zero attached hydrogens (tertiary/aromatic N) is 1. The fraction of sp³-hybridized carbons (Fsp3) is 0.607. The van der Waals surface area contributed by atoms with Gasteiger partial charge in [0, 0.05) is 27.2 Å². The highest BCUT2D eigenvalue weighted by Gasteiger charge is 2.15. The molecular weight excluding hydrogens is 456 g/mol. The molecule has 1 aromatic heterocycles. The Morgan fingerprint density at radius 3 is 2.22 bits per heavy atom. The average molecular weight is 505 g/mol. The van der Waals surface area contributed by atoms with Crippen LogP contribution in [-0.4, -0.2) is 63.7 Å². The van der Waals surface area contributed by atoms with Crippen molar-refractivity contribution in [2.45, 2.75) is 64.7 Å². The Morgan fingerprint density at radius 1 is 1.06 bits per heavy atom. The van der Waals surface area contributed by atoms with E-state index in [0.29, 0.717) is 19.6 Å². The zero-order valence-corrected chi connectivity index (χ0v) is 23.0. The second-order valence-electron chi connectivity index (χ2n) is 8.51. The summed E-state index contributed by atoms with van der Waals surface area (Å²) in [6.07, 6.45) is 8.87. The van der Waals surface area contributed by atoms with Crippen molar-refractivity contribution in [1.82, 2.24) is 15.3 Å². The van der Waals surface area contributed by atoms with Gasteiger partial charge in [0.25, 0.3) is 0 Å². The normalized spacial score (nSPS) is 10.4. The van der Waals surface area contributed by atoms with Crippen molar-refractivity contribution in [1.29, 1.82) is 0 Å². The highest BCUT2D eigenvalue weighted by Crippen LogP contribution is 2.22. The summed E-state index contributed by atoms with van der Waals surface area (Å²) < 4.78 is 10.6. The minimum atomic E-state index is 0.0925. The summed E-state index contributed by atoms with van der Waals surface area (Å²) in [5, 5.41) is 3.07. The monoisotopic (exact) mass is 504 g/mol. The Bertz CT molecular complexity index is 785. The van der Waals surface area contributed by atoms with E-state index in [1.165, 1.54) is 25.5 Å². The Kier molecular flexibility index (Phi) is 20.2. The quantitative estimate of drug-likeness (QED) is 0.290. The molecule has 2 rings (SSSR count). The van der Waals surface area contributed by atoms with Crippen molar-refractivity contribution >= 4 is 12.7 Å². The summed E-state index contributed by atoms with van der Waals surface area (Å²) >= 11 is 0. The molecule has 0 fully saturated rings. The number of carbonyl (C=O) groups excluding carboxylic acids is 2. The first-order valence-electron chi connectivity index (χ1n) is 12.9. The van der Waals surface area contributed by atoms with Crippen LogP contribution in [0.25, 0.3) is 11.3 Å². The van der Waals surface area contributed by atoms with Crippen LogP contribution in [0.4, 0.5) is 0 Å². The second-order valence-corrected chi connectivity index (χ2v) is 8.51. The predicted molar refractivity (Wildman–Crippen MR) is 147 cm³/mol. The summed E-state index contributed by atoms with van der Waals surface area (Å²) in [6, 6.07) is 8.57. The van der Waals surface area contributed by atoms with Gasteiger partial charge >= 0.3 is 0 Å². The molecule has 1 heterocycles. The number of methoxy groups -OCH3 is 2. The number of rotatable bonds is 16. The van der Waals surface area contributed by atoms with Gasteiger partial charge in [0.15, 0.2) is 0 Å². The van der Waals surface area contributed by atoms with E-state index < -0.39 is 0 Å². The molecule has 0 spiro atoms. The number of aromatic nitrogens is 2.